The fourth-order valence-electron chi connectivity index (χ4n) is 6.76. The summed E-state index contributed by atoms with van der Waals surface area (Å²) in [6, 6.07) is 9.63. The number of aliphatic hydroxyl groups is 1. The highest BCUT2D eigenvalue weighted by Gasteiger charge is 2.41. The van der Waals surface area contributed by atoms with E-state index in [-0.39, 0.29) is 36.5 Å². The van der Waals surface area contributed by atoms with Gasteiger partial charge in [-0.15, -0.1) is 0 Å². The minimum absolute atomic E-state index is 0.0218. The van der Waals surface area contributed by atoms with E-state index in [2.05, 4.69) is 37.2 Å². The fourth-order valence-corrected chi connectivity index (χ4v) is 6.87. The van der Waals surface area contributed by atoms with Gasteiger partial charge in [0.15, 0.2) is 11.6 Å². The van der Waals surface area contributed by atoms with Gasteiger partial charge in [0, 0.05) is 74.1 Å². The van der Waals surface area contributed by atoms with E-state index in [1.54, 1.807) is 29.0 Å². The smallest absolute Gasteiger partial charge is 0.272 e. The second-order valence-corrected chi connectivity index (χ2v) is 13.0. The third kappa shape index (κ3) is 6.48. The van der Waals surface area contributed by atoms with Crippen molar-refractivity contribution in [3.05, 3.63) is 71.7 Å². The highest BCUT2D eigenvalue weighted by Crippen LogP contribution is 2.35. The van der Waals surface area contributed by atoms with Gasteiger partial charge in [-0.25, -0.2) is 19.5 Å². The molecule has 3 aliphatic rings. The summed E-state index contributed by atoms with van der Waals surface area (Å²) in [4.78, 5) is 43.3. The van der Waals surface area contributed by atoms with Crippen molar-refractivity contribution in [2.45, 2.75) is 69.9 Å². The lowest BCUT2D eigenvalue weighted by Gasteiger charge is -2.49. The Kier molecular flexibility index (Phi) is 8.69. The molecule has 12 nitrogen and oxygen atoms in total. The number of aliphatic hydroxyl groups excluding tert-OH is 1. The quantitative estimate of drug-likeness (QED) is 0.293. The predicted molar refractivity (Wildman–Crippen MR) is 171 cm³/mol. The molecule has 3 fully saturated rings. The summed E-state index contributed by atoms with van der Waals surface area (Å²) >= 11 is 5.92. The number of rotatable bonds is 8. The molecule has 2 aliphatic carbocycles. The molecule has 4 aromatic rings. The van der Waals surface area contributed by atoms with Gasteiger partial charge in [0.2, 0.25) is 5.91 Å². The topological polar surface area (TPSA) is 138 Å². The zero-order valence-corrected chi connectivity index (χ0v) is 26.4. The molecule has 5 heterocycles. The number of nitrogens with zero attached hydrogens (tertiary/aromatic N) is 7. The zero-order chi connectivity index (χ0) is 31.8. The lowest BCUT2D eigenvalue weighted by molar-refractivity contribution is -0.125. The van der Waals surface area contributed by atoms with Crippen LogP contribution in [0.5, 0.6) is 0 Å². The summed E-state index contributed by atoms with van der Waals surface area (Å²) in [6.07, 6.45) is 10.5. The maximum absolute atomic E-state index is 13.1. The van der Waals surface area contributed by atoms with Crippen LogP contribution in [0.2, 0.25) is 5.02 Å². The van der Waals surface area contributed by atoms with Crippen LogP contribution in [0.25, 0.3) is 16.6 Å². The Morgan fingerprint density at radius 2 is 1.87 bits per heavy atom. The minimum Gasteiger partial charge on any atom is -0.390 e. The second-order valence-electron chi connectivity index (χ2n) is 12.6. The monoisotopic (exact) mass is 644 g/mol. The van der Waals surface area contributed by atoms with Crippen molar-refractivity contribution in [1.29, 1.82) is 0 Å². The second kappa shape index (κ2) is 13.0. The number of nitrogens with one attached hydrogen (secondary N) is 1. The van der Waals surface area contributed by atoms with E-state index in [0.29, 0.717) is 41.5 Å². The van der Waals surface area contributed by atoms with Crippen molar-refractivity contribution in [3.63, 3.8) is 0 Å². The minimum atomic E-state index is -0.406. The first-order valence-corrected chi connectivity index (χ1v) is 16.3. The van der Waals surface area contributed by atoms with Crippen LogP contribution in [-0.4, -0.2) is 95.2 Å². The SMILES string of the molecule is C[C@H]1CN(C(=O)c2ccc(Cl)cn2)CCN1[C@H]1C[C@@H](C(=O)Nc2cc3cc(-c4cnc(CO[C@H]5CCC[C@@H]5O)nc4)ccn3n2)C1. The zero-order valence-electron chi connectivity index (χ0n) is 25.6. The van der Waals surface area contributed by atoms with E-state index in [1.165, 1.54) is 6.20 Å². The Bertz CT molecular complexity index is 1710. The number of pyridine rings is 2. The van der Waals surface area contributed by atoms with Crippen LogP contribution >= 0.6 is 11.6 Å². The number of ether oxygens (including phenoxy) is 1. The largest absolute Gasteiger partial charge is 0.390 e. The Hall–Kier alpha value is -3.97. The number of aromatic nitrogens is 5. The Labute approximate surface area is 271 Å². The van der Waals surface area contributed by atoms with E-state index >= 15 is 0 Å². The summed E-state index contributed by atoms with van der Waals surface area (Å²) in [5.41, 5.74) is 3.04. The molecular formula is C33H37ClN8O4. The first kappa shape index (κ1) is 30.7. The van der Waals surface area contributed by atoms with Gasteiger partial charge in [-0.2, -0.15) is 5.10 Å². The molecule has 4 aromatic heterocycles. The molecule has 13 heteroatoms. The number of piperazine rings is 1. The van der Waals surface area contributed by atoms with Crippen molar-refractivity contribution in [2.24, 2.45) is 5.92 Å². The molecule has 1 aliphatic heterocycles. The van der Waals surface area contributed by atoms with Crippen LogP contribution < -0.4 is 5.32 Å². The number of halogens is 1. The van der Waals surface area contributed by atoms with Crippen LogP contribution in [0.1, 0.15) is 55.3 Å². The third-order valence-electron chi connectivity index (χ3n) is 9.46. The van der Waals surface area contributed by atoms with Crippen LogP contribution in [0.4, 0.5) is 5.82 Å². The average molecular weight is 645 g/mol. The maximum Gasteiger partial charge on any atom is 0.272 e. The van der Waals surface area contributed by atoms with E-state index in [0.717, 1.165) is 55.3 Å². The molecule has 0 aromatic carbocycles. The van der Waals surface area contributed by atoms with Gasteiger partial charge < -0.3 is 20.1 Å². The van der Waals surface area contributed by atoms with Crippen molar-refractivity contribution in [2.75, 3.05) is 25.0 Å². The van der Waals surface area contributed by atoms with E-state index in [4.69, 9.17) is 16.3 Å². The van der Waals surface area contributed by atoms with Gasteiger partial charge in [0.05, 0.1) is 22.7 Å². The summed E-state index contributed by atoms with van der Waals surface area (Å²) in [5.74, 6) is 0.912. The van der Waals surface area contributed by atoms with E-state index in [1.807, 2.05) is 29.3 Å². The van der Waals surface area contributed by atoms with Crippen molar-refractivity contribution < 1.29 is 19.4 Å². The Morgan fingerprint density at radius 3 is 2.59 bits per heavy atom. The van der Waals surface area contributed by atoms with Crippen molar-refractivity contribution in [3.8, 4) is 11.1 Å². The average Bonchev–Trinajstić information content (AvgIpc) is 3.64. The molecule has 46 heavy (non-hydrogen) atoms. The van der Waals surface area contributed by atoms with E-state index in [9.17, 15) is 14.7 Å². The summed E-state index contributed by atoms with van der Waals surface area (Å²) in [6.45, 7) is 4.41. The number of carbonyl (C=O) groups excluding carboxylic acids is 2. The Morgan fingerprint density at radius 1 is 1.04 bits per heavy atom. The third-order valence-corrected chi connectivity index (χ3v) is 9.69. The normalized spacial score (nSPS) is 25.0. The Balaban J connectivity index is 0.900. The molecule has 0 unspecified atom stereocenters. The van der Waals surface area contributed by atoms with E-state index < -0.39 is 6.10 Å². The summed E-state index contributed by atoms with van der Waals surface area (Å²) < 4.78 is 7.53. The van der Waals surface area contributed by atoms with Gasteiger partial charge >= 0.3 is 0 Å². The number of hydrogen-bond donors (Lipinski definition) is 2. The first-order chi connectivity index (χ1) is 22.3. The molecule has 1 saturated heterocycles. The molecule has 0 bridgehead atoms. The summed E-state index contributed by atoms with van der Waals surface area (Å²) in [7, 11) is 0. The molecule has 0 spiro atoms. The number of hydrogen-bond acceptors (Lipinski definition) is 9. The number of fused-ring (bicyclic) bond motifs is 1. The van der Waals surface area contributed by atoms with Crippen LogP contribution in [-0.2, 0) is 16.1 Å². The lowest BCUT2D eigenvalue weighted by atomic mass is 9.78. The highest BCUT2D eigenvalue weighted by molar-refractivity contribution is 6.30. The van der Waals surface area contributed by atoms with Gasteiger partial charge in [-0.1, -0.05) is 11.6 Å². The highest BCUT2D eigenvalue weighted by atomic mass is 35.5. The van der Waals surface area contributed by atoms with Gasteiger partial charge in [-0.05, 0) is 68.9 Å². The molecule has 7 rings (SSSR count). The standard InChI is InChI=1S/C33H37ClN8O4/c1-20-18-40(33(45)27-6-5-24(34)17-35-27)9-10-41(20)25-12-22(13-25)32(44)38-30-14-26-11-21(7-8-42(26)39-30)23-15-36-31(37-16-23)19-46-29-4-2-3-28(29)43/h5-8,11,14-17,20,22,25,28-29,43H,2-4,9-10,12-13,18-19H2,1H3,(H,38,39,44)/t20-,22-,25+,28-,29-/m0/s1. The van der Waals surface area contributed by atoms with Crippen molar-refractivity contribution in [1.82, 2.24) is 34.4 Å². The molecule has 3 atom stereocenters. The fraction of sp³-hybridized carbons (Fsp3) is 0.455. The van der Waals surface area contributed by atoms with Gasteiger partial charge in [-0.3, -0.25) is 14.5 Å². The van der Waals surface area contributed by atoms with Gasteiger partial charge in [0.1, 0.15) is 12.3 Å². The molecule has 2 amide bonds. The van der Waals surface area contributed by atoms with Crippen molar-refractivity contribution >= 4 is 34.7 Å². The maximum atomic E-state index is 13.1. The molecule has 240 valence electrons. The van der Waals surface area contributed by atoms with Crippen LogP contribution in [0.15, 0.2) is 55.1 Å². The number of anilines is 1. The molecule has 2 saturated carbocycles. The van der Waals surface area contributed by atoms with Crippen LogP contribution in [0.3, 0.4) is 0 Å². The van der Waals surface area contributed by atoms with Gasteiger partial charge in [0.25, 0.3) is 5.91 Å². The van der Waals surface area contributed by atoms with Crippen LogP contribution in [0, 0.1) is 5.92 Å². The lowest BCUT2D eigenvalue weighted by Crippen LogP contribution is -2.60. The molecular weight excluding hydrogens is 608 g/mol. The molecule has 2 N–H and O–H groups in total. The number of amides is 2. The number of carbonyl (C=O) groups is 2. The first-order valence-electron chi connectivity index (χ1n) is 15.9. The summed E-state index contributed by atoms with van der Waals surface area (Å²) in [5, 5.41) is 18.0. The molecule has 0 radical (unpaired) electrons. The predicted octanol–water partition coefficient (Wildman–Crippen LogP) is 3.83.